The molecular weight excluding hydrogens is 769 g/mol. The maximum Gasteiger partial charge on any atom is 0.344 e. The second-order valence-electron chi connectivity index (χ2n) is 14.3. The molecule has 0 unspecified atom stereocenters. The van der Waals surface area contributed by atoms with E-state index in [9.17, 15) is 9.59 Å². The number of fused-ring (bicyclic) bond motifs is 4. The number of carbonyl (C=O) groups excluding carboxylic acids is 1. The predicted octanol–water partition coefficient (Wildman–Crippen LogP) is 5.46. The van der Waals surface area contributed by atoms with Gasteiger partial charge in [0.15, 0.2) is 5.65 Å². The molecule has 4 heterocycles. The van der Waals surface area contributed by atoms with Gasteiger partial charge in [-0.1, -0.05) is 36.4 Å². The third-order valence-electron chi connectivity index (χ3n) is 9.93. The summed E-state index contributed by atoms with van der Waals surface area (Å²) in [7, 11) is 3.96. The van der Waals surface area contributed by atoms with Gasteiger partial charge in [-0.2, -0.15) is 9.97 Å². The van der Waals surface area contributed by atoms with Crippen molar-refractivity contribution in [2.45, 2.75) is 32.9 Å². The lowest BCUT2D eigenvalue weighted by molar-refractivity contribution is -0.122. The molecular formula is C44H50N8O8. The molecule has 7 rings (SSSR count). The van der Waals surface area contributed by atoms with Gasteiger partial charge in [0.05, 0.1) is 64.7 Å². The van der Waals surface area contributed by atoms with Gasteiger partial charge in [-0.05, 0) is 65.9 Å². The lowest BCUT2D eigenvalue weighted by Gasteiger charge is -2.12. The lowest BCUT2D eigenvalue weighted by Crippen LogP contribution is -2.24. The van der Waals surface area contributed by atoms with Gasteiger partial charge in [-0.25, -0.2) is 9.78 Å². The van der Waals surface area contributed by atoms with Crippen LogP contribution in [0.2, 0.25) is 0 Å². The van der Waals surface area contributed by atoms with Crippen molar-refractivity contribution in [3.63, 3.8) is 0 Å². The van der Waals surface area contributed by atoms with E-state index < -0.39 is 0 Å². The molecule has 60 heavy (non-hydrogen) atoms. The van der Waals surface area contributed by atoms with Crippen LogP contribution < -0.4 is 26.3 Å². The number of aromatic nitrogens is 5. The van der Waals surface area contributed by atoms with Gasteiger partial charge in [0.2, 0.25) is 17.7 Å². The van der Waals surface area contributed by atoms with Crippen molar-refractivity contribution in [1.82, 2.24) is 30.2 Å². The second-order valence-corrected chi connectivity index (χ2v) is 14.3. The van der Waals surface area contributed by atoms with E-state index in [0.717, 1.165) is 49.9 Å². The van der Waals surface area contributed by atoms with E-state index in [0.29, 0.717) is 94.0 Å². The number of carbonyl (C=O) groups is 1. The molecule has 3 aromatic carbocycles. The van der Waals surface area contributed by atoms with Crippen LogP contribution in [0.15, 0.2) is 82.3 Å². The standard InChI is InChI=1S/C44H50N8O8/c1-28-33(39-35-24-34(31-8-10-32(11-9-31)52(2)3)43(54)60-37(35)13-12-36(39)49-28)14-16-55-18-20-57-22-23-58-21-19-56-17-15-38(53)46-25-29-4-6-30(7-5-29)26-59-42-40-41(48-27-47-40)50-44(45)51-42/h4-13,24,27,49H,14-23,25-26H2,1-3H3,(H,46,53)(H3,45,47,48,50,51). The number of hydrogen-bond acceptors (Lipinski definition) is 13. The summed E-state index contributed by atoms with van der Waals surface area (Å²) in [6.07, 6.45) is 2.45. The Morgan fingerprint density at radius 3 is 2.25 bits per heavy atom. The molecule has 0 spiro atoms. The van der Waals surface area contributed by atoms with Crippen LogP contribution in [0.5, 0.6) is 5.88 Å². The molecule has 7 aromatic rings. The number of benzene rings is 3. The molecule has 4 aromatic heterocycles. The molecule has 5 N–H and O–H groups in total. The minimum absolute atomic E-state index is 0.0907. The average molecular weight is 819 g/mol. The number of nitrogens with two attached hydrogens (primary N) is 1. The van der Waals surface area contributed by atoms with Crippen molar-refractivity contribution >= 4 is 50.6 Å². The number of rotatable bonds is 22. The summed E-state index contributed by atoms with van der Waals surface area (Å²) in [4.78, 5) is 46.0. The number of anilines is 2. The van der Waals surface area contributed by atoms with Gasteiger partial charge in [0.1, 0.15) is 17.7 Å². The number of aromatic amines is 2. The van der Waals surface area contributed by atoms with E-state index in [1.807, 2.05) is 92.6 Å². The molecule has 0 saturated carbocycles. The average Bonchev–Trinajstić information content (AvgIpc) is 3.85. The Hall–Kier alpha value is -6.33. The Balaban J connectivity index is 0.728. The monoisotopic (exact) mass is 818 g/mol. The molecule has 16 nitrogen and oxygen atoms in total. The van der Waals surface area contributed by atoms with Crippen molar-refractivity contribution < 1.29 is 32.9 Å². The summed E-state index contributed by atoms with van der Waals surface area (Å²) in [6, 6.07) is 21.3. The minimum Gasteiger partial charge on any atom is -0.471 e. The van der Waals surface area contributed by atoms with Gasteiger partial charge in [0.25, 0.3) is 0 Å². The normalized spacial score (nSPS) is 11.5. The summed E-state index contributed by atoms with van der Waals surface area (Å²) in [6.45, 7) is 6.10. The molecule has 0 radical (unpaired) electrons. The fourth-order valence-electron chi connectivity index (χ4n) is 6.76. The number of aryl methyl sites for hydroxylation is 1. The first-order valence-electron chi connectivity index (χ1n) is 19.8. The van der Waals surface area contributed by atoms with E-state index >= 15 is 0 Å². The van der Waals surface area contributed by atoms with Crippen LogP contribution in [0.25, 0.3) is 44.2 Å². The summed E-state index contributed by atoms with van der Waals surface area (Å²) >= 11 is 0. The maximum atomic E-state index is 13.0. The maximum absolute atomic E-state index is 13.0. The SMILES string of the molecule is Cc1[nH]c2ccc3oc(=O)c(-c4ccc(N(C)C)cc4)cc3c2c1CCOCCOCCOCCOCCC(=O)NCc1ccc(COc2nc(N)nc3nc[nH]c23)cc1. The Morgan fingerprint density at radius 1 is 0.850 bits per heavy atom. The molecule has 0 aliphatic carbocycles. The van der Waals surface area contributed by atoms with Crippen LogP contribution in [0, 0.1) is 6.92 Å². The fraction of sp³-hybridized carbons (Fsp3) is 0.341. The third-order valence-corrected chi connectivity index (χ3v) is 9.93. The smallest absolute Gasteiger partial charge is 0.344 e. The summed E-state index contributed by atoms with van der Waals surface area (Å²) in [5.41, 5.74) is 14.4. The number of imidazole rings is 1. The zero-order valence-corrected chi connectivity index (χ0v) is 34.0. The van der Waals surface area contributed by atoms with Gasteiger partial charge < -0.3 is 54.0 Å². The molecule has 0 bridgehead atoms. The first-order chi connectivity index (χ1) is 29.2. The van der Waals surface area contributed by atoms with E-state index in [1.54, 1.807) is 0 Å². The van der Waals surface area contributed by atoms with Gasteiger partial charge in [-0.15, -0.1) is 0 Å². The first-order valence-corrected chi connectivity index (χ1v) is 19.8. The van der Waals surface area contributed by atoms with Crippen molar-refractivity contribution in [2.24, 2.45) is 0 Å². The molecule has 0 aliphatic rings. The molecule has 0 aliphatic heterocycles. The zero-order valence-electron chi connectivity index (χ0n) is 34.0. The zero-order chi connectivity index (χ0) is 41.8. The Morgan fingerprint density at radius 2 is 1.53 bits per heavy atom. The van der Waals surface area contributed by atoms with Crippen molar-refractivity contribution in [1.29, 1.82) is 0 Å². The van der Waals surface area contributed by atoms with Crippen LogP contribution in [-0.4, -0.2) is 97.8 Å². The highest BCUT2D eigenvalue weighted by Crippen LogP contribution is 2.33. The number of ether oxygens (including phenoxy) is 5. The third kappa shape index (κ3) is 10.6. The van der Waals surface area contributed by atoms with Crippen LogP contribution in [0.1, 0.15) is 28.8 Å². The largest absolute Gasteiger partial charge is 0.471 e. The van der Waals surface area contributed by atoms with Crippen LogP contribution >= 0.6 is 0 Å². The summed E-state index contributed by atoms with van der Waals surface area (Å²) in [5, 5.41) is 4.84. The van der Waals surface area contributed by atoms with Crippen LogP contribution in [-0.2, 0) is 43.3 Å². The van der Waals surface area contributed by atoms with Crippen molar-refractivity contribution in [3.8, 4) is 17.0 Å². The van der Waals surface area contributed by atoms with Gasteiger partial charge in [0, 0.05) is 54.7 Å². The van der Waals surface area contributed by atoms with E-state index in [1.165, 1.54) is 6.33 Å². The molecule has 16 heteroatoms. The molecule has 0 fully saturated rings. The highest BCUT2D eigenvalue weighted by molar-refractivity contribution is 6.08. The fourth-order valence-corrected chi connectivity index (χ4v) is 6.76. The summed E-state index contributed by atoms with van der Waals surface area (Å²) in [5.74, 6) is 0.331. The first kappa shape index (κ1) is 41.8. The Bertz CT molecular complexity index is 2570. The van der Waals surface area contributed by atoms with Gasteiger partial charge >= 0.3 is 5.63 Å². The van der Waals surface area contributed by atoms with Crippen LogP contribution in [0.4, 0.5) is 11.6 Å². The van der Waals surface area contributed by atoms with E-state index in [-0.39, 0.29) is 30.5 Å². The molecule has 0 atom stereocenters. The number of nitrogens with one attached hydrogen (secondary N) is 3. The second kappa shape index (κ2) is 20.1. The van der Waals surface area contributed by atoms with E-state index in [2.05, 4.69) is 30.2 Å². The highest BCUT2D eigenvalue weighted by Gasteiger charge is 2.16. The predicted molar refractivity (Wildman–Crippen MR) is 229 cm³/mol. The Labute approximate surface area is 346 Å². The molecule has 1 amide bonds. The van der Waals surface area contributed by atoms with Gasteiger partial charge in [-0.3, -0.25) is 4.79 Å². The number of nitrogen functional groups attached to an aromatic ring is 1. The number of amides is 1. The number of nitrogens with zero attached hydrogens (tertiary/aromatic N) is 4. The molecule has 0 saturated heterocycles. The number of H-pyrrole nitrogens is 2. The highest BCUT2D eigenvalue weighted by atomic mass is 16.6. The quantitative estimate of drug-likeness (QED) is 0.0496. The van der Waals surface area contributed by atoms with Crippen molar-refractivity contribution in [2.75, 3.05) is 77.6 Å². The van der Waals surface area contributed by atoms with E-state index in [4.69, 9.17) is 33.8 Å². The Kier molecular flexibility index (Phi) is 14.0. The summed E-state index contributed by atoms with van der Waals surface area (Å²) < 4.78 is 34.4. The van der Waals surface area contributed by atoms with Crippen molar-refractivity contribution in [3.05, 3.63) is 106 Å². The van der Waals surface area contributed by atoms with Crippen LogP contribution in [0.3, 0.4) is 0 Å². The molecule has 314 valence electrons. The topological polar surface area (TPSA) is 205 Å². The number of hydrogen-bond donors (Lipinski definition) is 4. The minimum atomic E-state index is -0.364. The lowest BCUT2D eigenvalue weighted by atomic mass is 10.0.